The van der Waals surface area contributed by atoms with Crippen molar-refractivity contribution in [3.63, 3.8) is 0 Å². The molecule has 6 atom stereocenters. The van der Waals surface area contributed by atoms with Crippen molar-refractivity contribution in [1.29, 1.82) is 0 Å². The molecule has 2 aliphatic carbocycles. The first-order valence-corrected chi connectivity index (χ1v) is 27.5. The summed E-state index contributed by atoms with van der Waals surface area (Å²) in [7, 11) is -1.18. The van der Waals surface area contributed by atoms with Gasteiger partial charge in [-0.05, 0) is 0 Å². The van der Waals surface area contributed by atoms with E-state index in [2.05, 4.69) is 6.92 Å². The molecule has 12 fully saturated rings. The molecule has 0 nitrogen and oxygen atoms in total. The first-order chi connectivity index (χ1) is 22.2. The summed E-state index contributed by atoms with van der Waals surface area (Å²) in [5.41, 5.74) is 1.27. The van der Waals surface area contributed by atoms with Gasteiger partial charge in [0.2, 0.25) is 0 Å². The van der Waals surface area contributed by atoms with Crippen LogP contribution in [-0.4, -0.2) is 21.0 Å². The summed E-state index contributed by atoms with van der Waals surface area (Å²) >= 11 is 0. The van der Waals surface area contributed by atoms with Crippen molar-refractivity contribution in [2.75, 3.05) is 0 Å². The van der Waals surface area contributed by atoms with Crippen LogP contribution >= 0.6 is 15.8 Å². The summed E-state index contributed by atoms with van der Waals surface area (Å²) in [6, 6.07) is 12.3. The Bertz CT molecular complexity index is 2070. The Morgan fingerprint density at radius 3 is 1.34 bits per heavy atom. The van der Waals surface area contributed by atoms with Gasteiger partial charge in [0.25, 0.3) is 0 Å². The summed E-state index contributed by atoms with van der Waals surface area (Å²) in [5, 5.41) is 2.07. The third-order valence-electron chi connectivity index (χ3n) is 23.2. The van der Waals surface area contributed by atoms with Crippen LogP contribution in [0.5, 0.6) is 0 Å². The third-order valence-corrected chi connectivity index (χ3v) is 77.6. The van der Waals surface area contributed by atoms with E-state index in [1.807, 2.05) is 0 Å². The van der Waals surface area contributed by atoms with E-state index in [4.69, 9.17) is 0 Å². The number of benzene rings is 2. The van der Waals surface area contributed by atoms with Gasteiger partial charge in [0.15, 0.2) is 0 Å². The molecule has 10 aliphatic heterocycles. The molecule has 2 aromatic carbocycles. The number of alkyl halides is 6. The van der Waals surface area contributed by atoms with Gasteiger partial charge in [0, 0.05) is 0 Å². The van der Waals surface area contributed by atoms with Crippen molar-refractivity contribution in [2.24, 2.45) is 0 Å². The van der Waals surface area contributed by atoms with Gasteiger partial charge in [-0.25, -0.2) is 0 Å². The molecule has 254 valence electrons. The van der Waals surface area contributed by atoms with Crippen molar-refractivity contribution < 1.29 is 32.9 Å². The van der Waals surface area contributed by atoms with Crippen LogP contribution < -0.4 is 10.6 Å². The average molecular weight is 731 g/mol. The molecule has 0 amide bonds. The van der Waals surface area contributed by atoms with Gasteiger partial charge in [-0.2, -0.15) is 0 Å². The molecule has 0 radical (unpaired) electrons. The Labute approximate surface area is 265 Å². The van der Waals surface area contributed by atoms with Crippen LogP contribution in [0, 0.1) is 0 Å². The molecule has 1 spiro atoms. The zero-order valence-corrected chi connectivity index (χ0v) is 29.4. The van der Waals surface area contributed by atoms with Crippen molar-refractivity contribution in [1.82, 2.24) is 0 Å². The average Bonchev–Trinajstić information content (AvgIpc) is 4.01. The summed E-state index contributed by atoms with van der Waals surface area (Å²) in [6.45, 7) is -1.48. The molecule has 0 N–H and O–H groups in total. The number of halogens is 6. The van der Waals surface area contributed by atoms with Gasteiger partial charge in [-0.15, -0.1) is 0 Å². The molecule has 10 heterocycles. The summed E-state index contributed by atoms with van der Waals surface area (Å²) < 4.78 is 83.8. The van der Waals surface area contributed by atoms with Gasteiger partial charge in [0.05, 0.1) is 0 Å². The van der Waals surface area contributed by atoms with E-state index in [1.54, 1.807) is 24.3 Å². The second-order valence-electron chi connectivity index (χ2n) is 19.9. The molecule has 0 bridgehead atoms. The van der Waals surface area contributed by atoms with Crippen molar-refractivity contribution in [3.8, 4) is 0 Å². The normalized spacial score (nSPS) is 58.7. The second-order valence-corrected chi connectivity index (χ2v) is 49.1. The maximum absolute atomic E-state index is 13.8. The monoisotopic (exact) mass is 730 g/mol. The first-order valence-electron chi connectivity index (χ1n) is 18.4. The standard InChI is InChI=1S/C33H37F6P2.C5H5.Fe/c1-23(40(26-9-4-2-5-10-26)27-11-6-3-7-12-27)30-13-8-14-31(30)41(28-19-15-24(16-20-28)32(34,35)36)29-21-17-25(18-22-29)33(37,38)39;1-2-4-5-3-1;/h8,13-23,26-27H,2-7,9-12H2,1H3;1-5H;. The van der Waals surface area contributed by atoms with Crippen molar-refractivity contribution in [2.45, 2.75) is 147 Å². The molecule has 14 rings (SSSR count). The van der Waals surface area contributed by atoms with Crippen LogP contribution in [0.1, 0.15) is 82.3 Å². The molecule has 2 aromatic rings. The number of rotatable bonds is 7. The Balaban J connectivity index is 0.999. The third kappa shape index (κ3) is 0.911. The SMILES string of the molecule is CC(P(C1CCCCC1)C1CCCCC1)[C@]12[CH]3[CH]4[CH]5[C]1(P(c1ccc(C(F)(F)F)cc1)c1ccc(C(F)(F)F)cc1)[Fe]45321678[CH]2[CH]1[CH]6[CH]7[CH]28. The van der Waals surface area contributed by atoms with Gasteiger partial charge in [-0.3, -0.25) is 0 Å². The molecule has 12 aliphatic rings. The number of fused-ring (bicyclic) bond motifs is 10. The van der Waals surface area contributed by atoms with Crippen LogP contribution in [0.25, 0.3) is 0 Å². The van der Waals surface area contributed by atoms with Gasteiger partial charge in [0.1, 0.15) is 0 Å². The van der Waals surface area contributed by atoms with Crippen LogP contribution in [0.4, 0.5) is 26.3 Å². The second kappa shape index (κ2) is 4.74. The fourth-order valence-corrected chi connectivity index (χ4v) is 123. The van der Waals surface area contributed by atoms with E-state index >= 15 is 0 Å². The van der Waals surface area contributed by atoms with E-state index in [-0.39, 0.29) is 12.0 Å². The topological polar surface area (TPSA) is 0 Å². The Hall–Kier alpha value is -0.601. The molecule has 10 saturated heterocycles. The first kappa shape index (κ1) is 27.1. The summed E-state index contributed by atoms with van der Waals surface area (Å²) in [6.07, 6.45) is 5.01. The van der Waals surface area contributed by atoms with Gasteiger partial charge >= 0.3 is 266 Å². The van der Waals surface area contributed by atoms with Crippen LogP contribution in [0.2, 0.25) is 42.8 Å². The molecular formula is C38H42F6FeP2. The maximum atomic E-state index is 13.8. The van der Waals surface area contributed by atoms with Crippen molar-refractivity contribution in [3.05, 3.63) is 59.7 Å². The molecule has 0 aromatic heterocycles. The number of hydrogen-bond acceptors (Lipinski definition) is 0. The Kier molecular flexibility index (Phi) is 2.73. The van der Waals surface area contributed by atoms with Gasteiger partial charge in [-0.1, -0.05) is 0 Å². The van der Waals surface area contributed by atoms with E-state index in [0.29, 0.717) is 4.31 Å². The van der Waals surface area contributed by atoms with E-state index in [0.717, 1.165) is 66.1 Å². The molecule has 2 saturated carbocycles. The predicted octanol–water partition coefficient (Wildman–Crippen LogP) is 12.4. The minimum atomic E-state index is -4.40. The molecular weight excluding hydrogens is 688 g/mol. The van der Waals surface area contributed by atoms with E-state index in [9.17, 15) is 26.3 Å². The minimum absolute atomic E-state index is 0.152. The fourth-order valence-electron chi connectivity index (χ4n) is 24.5. The fraction of sp³-hybridized carbons (Fsp3) is 0.684. The molecule has 9 heteroatoms. The molecule has 47 heavy (non-hydrogen) atoms. The van der Waals surface area contributed by atoms with E-state index in [1.165, 1.54) is 88.5 Å². The van der Waals surface area contributed by atoms with Crippen LogP contribution in [0.3, 0.4) is 0 Å². The summed E-state index contributed by atoms with van der Waals surface area (Å²) in [4.78, 5) is 8.00. The Morgan fingerprint density at radius 2 is 1.00 bits per heavy atom. The number of hydrogen-bond donors (Lipinski definition) is 0. The van der Waals surface area contributed by atoms with Crippen molar-refractivity contribution >= 4 is 26.5 Å². The predicted molar refractivity (Wildman–Crippen MR) is 175 cm³/mol. The molecule has 5 unspecified atom stereocenters. The van der Waals surface area contributed by atoms with Crippen LogP contribution in [-0.2, 0) is 18.9 Å². The zero-order valence-electron chi connectivity index (χ0n) is 26.6. The van der Waals surface area contributed by atoms with E-state index < -0.39 is 37.9 Å². The summed E-state index contributed by atoms with van der Waals surface area (Å²) in [5.74, 6) is 0. The quantitative estimate of drug-likeness (QED) is 0.151. The Morgan fingerprint density at radius 1 is 0.596 bits per heavy atom. The van der Waals surface area contributed by atoms with Crippen LogP contribution in [0.15, 0.2) is 48.5 Å². The van der Waals surface area contributed by atoms with Gasteiger partial charge < -0.3 is 0 Å². The zero-order chi connectivity index (χ0) is 31.9.